The van der Waals surface area contributed by atoms with Crippen molar-refractivity contribution in [3.63, 3.8) is 0 Å². The third kappa shape index (κ3) is 3.98. The Kier molecular flexibility index (Phi) is 5.03. The number of benzene rings is 1. The maximum absolute atomic E-state index is 12.3. The molecule has 1 aliphatic rings. The molecule has 6 nitrogen and oxygen atoms in total. The molecule has 0 aromatic heterocycles. The third-order valence-electron chi connectivity index (χ3n) is 3.70. The number of aliphatic hydroxyl groups is 1. The smallest absolute Gasteiger partial charge is 0.310 e. The summed E-state index contributed by atoms with van der Waals surface area (Å²) < 4.78 is 5.24. The van der Waals surface area contributed by atoms with E-state index in [1.54, 1.807) is 6.92 Å². The first-order valence-corrected chi connectivity index (χ1v) is 7.32. The Morgan fingerprint density at radius 1 is 1.18 bits per heavy atom. The fourth-order valence-corrected chi connectivity index (χ4v) is 2.67. The van der Waals surface area contributed by atoms with E-state index in [1.165, 1.54) is 6.07 Å². The van der Waals surface area contributed by atoms with Crippen molar-refractivity contribution in [2.45, 2.75) is 51.2 Å². The van der Waals surface area contributed by atoms with Gasteiger partial charge in [-0.25, -0.2) is 0 Å². The van der Waals surface area contributed by atoms with Crippen molar-refractivity contribution >= 4 is 11.8 Å². The molecule has 6 heteroatoms. The van der Waals surface area contributed by atoms with E-state index in [9.17, 15) is 24.9 Å². The number of ketones is 1. The molecule has 0 amide bonds. The number of phenolic OH excluding ortho intramolecular Hbond substituents is 2. The van der Waals surface area contributed by atoms with Crippen LogP contribution in [0.15, 0.2) is 12.1 Å². The minimum Gasteiger partial charge on any atom is -0.508 e. The van der Waals surface area contributed by atoms with Crippen molar-refractivity contribution < 1.29 is 29.6 Å². The molecule has 120 valence electrons. The second-order valence-electron chi connectivity index (χ2n) is 5.69. The van der Waals surface area contributed by atoms with Gasteiger partial charge in [-0.15, -0.1) is 0 Å². The largest absolute Gasteiger partial charge is 0.508 e. The Hall–Kier alpha value is -2.08. The van der Waals surface area contributed by atoms with Gasteiger partial charge in [0.25, 0.3) is 0 Å². The monoisotopic (exact) mass is 308 g/mol. The summed E-state index contributed by atoms with van der Waals surface area (Å²) in [5.41, 5.74) is 0.162. The van der Waals surface area contributed by atoms with Gasteiger partial charge in [0, 0.05) is 12.5 Å². The molecule has 0 radical (unpaired) electrons. The number of cyclic esters (lactones) is 1. The van der Waals surface area contributed by atoms with Gasteiger partial charge in [0.15, 0.2) is 5.78 Å². The van der Waals surface area contributed by atoms with Gasteiger partial charge in [-0.3, -0.25) is 9.59 Å². The normalized spacial score (nSPS) is 23.9. The average molecular weight is 308 g/mol. The minimum atomic E-state index is -0.809. The topological polar surface area (TPSA) is 104 Å². The summed E-state index contributed by atoms with van der Waals surface area (Å²) in [6.07, 6.45) is 0.215. The van der Waals surface area contributed by atoms with Gasteiger partial charge in [0.2, 0.25) is 0 Å². The van der Waals surface area contributed by atoms with Gasteiger partial charge in [0.05, 0.1) is 24.2 Å². The van der Waals surface area contributed by atoms with E-state index < -0.39 is 23.6 Å². The Balaban J connectivity index is 2.40. The van der Waals surface area contributed by atoms with Crippen LogP contribution in [0.2, 0.25) is 0 Å². The van der Waals surface area contributed by atoms with Crippen LogP contribution in [-0.2, 0) is 16.0 Å². The van der Waals surface area contributed by atoms with Crippen LogP contribution in [0.4, 0.5) is 0 Å². The Morgan fingerprint density at radius 3 is 2.64 bits per heavy atom. The number of hydrogen-bond acceptors (Lipinski definition) is 6. The highest BCUT2D eigenvalue weighted by Crippen LogP contribution is 2.30. The van der Waals surface area contributed by atoms with Crippen LogP contribution in [0.5, 0.6) is 11.5 Å². The summed E-state index contributed by atoms with van der Waals surface area (Å²) in [7, 11) is 0. The number of fused-ring (bicyclic) bond motifs is 1. The van der Waals surface area contributed by atoms with Crippen LogP contribution in [0.25, 0.3) is 0 Å². The number of carbonyl (C=O) groups is 2. The standard InChI is InChI=1S/C16H20O6/c1-9-3-2-4-11(17)7-13(19)16-10(6-15(21)22-9)5-12(18)8-14(16)20/h5,8-9,11,17-18,20H,2-4,6-7H2,1H3/t9-,11-/m1/s1. The lowest BCUT2D eigenvalue weighted by molar-refractivity contribution is -0.147. The van der Waals surface area contributed by atoms with Gasteiger partial charge >= 0.3 is 5.97 Å². The van der Waals surface area contributed by atoms with Crippen molar-refractivity contribution in [3.8, 4) is 11.5 Å². The minimum absolute atomic E-state index is 0.0398. The van der Waals surface area contributed by atoms with Crippen LogP contribution in [0, 0.1) is 0 Å². The number of ether oxygens (including phenoxy) is 1. The molecular weight excluding hydrogens is 288 g/mol. The SMILES string of the molecule is C[C@@H]1CCC[C@@H](O)CC(=O)c2c(O)cc(O)cc2CC(=O)O1. The van der Waals surface area contributed by atoms with Gasteiger partial charge < -0.3 is 20.1 Å². The highest BCUT2D eigenvalue weighted by molar-refractivity contribution is 6.01. The van der Waals surface area contributed by atoms with E-state index in [0.29, 0.717) is 19.3 Å². The van der Waals surface area contributed by atoms with Crippen molar-refractivity contribution in [1.82, 2.24) is 0 Å². The predicted molar refractivity (Wildman–Crippen MR) is 77.8 cm³/mol. The van der Waals surface area contributed by atoms with Crippen LogP contribution in [0.1, 0.15) is 48.5 Å². The molecule has 3 N–H and O–H groups in total. The molecule has 1 aromatic rings. The highest BCUT2D eigenvalue weighted by atomic mass is 16.5. The molecule has 22 heavy (non-hydrogen) atoms. The first kappa shape index (κ1) is 16.3. The molecule has 0 bridgehead atoms. The molecule has 0 saturated heterocycles. The molecule has 2 rings (SSSR count). The van der Waals surface area contributed by atoms with Crippen molar-refractivity contribution in [3.05, 3.63) is 23.3 Å². The molecule has 0 unspecified atom stereocenters. The van der Waals surface area contributed by atoms with Crippen LogP contribution >= 0.6 is 0 Å². The second-order valence-corrected chi connectivity index (χ2v) is 5.69. The van der Waals surface area contributed by atoms with E-state index in [1.807, 2.05) is 0 Å². The van der Waals surface area contributed by atoms with Crippen molar-refractivity contribution in [1.29, 1.82) is 0 Å². The molecule has 1 heterocycles. The zero-order valence-electron chi connectivity index (χ0n) is 12.4. The van der Waals surface area contributed by atoms with Gasteiger partial charge in [-0.05, 0) is 37.8 Å². The van der Waals surface area contributed by atoms with Crippen molar-refractivity contribution in [2.24, 2.45) is 0 Å². The fourth-order valence-electron chi connectivity index (χ4n) is 2.67. The zero-order chi connectivity index (χ0) is 16.3. The lowest BCUT2D eigenvalue weighted by Gasteiger charge is -2.18. The Bertz CT molecular complexity index is 580. The first-order valence-electron chi connectivity index (χ1n) is 7.32. The van der Waals surface area contributed by atoms with E-state index >= 15 is 0 Å². The summed E-state index contributed by atoms with van der Waals surface area (Å²) in [5.74, 6) is -1.61. The first-order chi connectivity index (χ1) is 10.4. The molecule has 1 aromatic carbocycles. The van der Waals surface area contributed by atoms with E-state index in [4.69, 9.17) is 4.74 Å². The summed E-state index contributed by atoms with van der Waals surface area (Å²) in [6.45, 7) is 1.77. The number of Topliss-reactive ketones (excluding diaryl/α,β-unsaturated/α-hetero) is 1. The maximum Gasteiger partial charge on any atom is 0.310 e. The number of hydrogen-bond donors (Lipinski definition) is 3. The molecule has 0 aliphatic carbocycles. The quantitative estimate of drug-likeness (QED) is 0.630. The van der Waals surface area contributed by atoms with Gasteiger partial charge in [-0.2, -0.15) is 0 Å². The van der Waals surface area contributed by atoms with Crippen LogP contribution in [-0.4, -0.2) is 39.3 Å². The molecule has 0 fully saturated rings. The number of carbonyl (C=O) groups excluding carboxylic acids is 2. The van der Waals surface area contributed by atoms with E-state index in [0.717, 1.165) is 6.07 Å². The molecule has 0 spiro atoms. The van der Waals surface area contributed by atoms with Gasteiger partial charge in [0.1, 0.15) is 11.5 Å². The second kappa shape index (κ2) is 6.79. The number of aliphatic hydroxyl groups excluding tert-OH is 1. The van der Waals surface area contributed by atoms with Crippen LogP contribution < -0.4 is 0 Å². The lowest BCUT2D eigenvalue weighted by Crippen LogP contribution is -2.21. The number of phenols is 2. The van der Waals surface area contributed by atoms with E-state index in [2.05, 4.69) is 0 Å². The third-order valence-corrected chi connectivity index (χ3v) is 3.70. The summed E-state index contributed by atoms with van der Waals surface area (Å²) in [6, 6.07) is 2.31. The fraction of sp³-hybridized carbons (Fsp3) is 0.500. The lowest BCUT2D eigenvalue weighted by atomic mass is 9.94. The number of aromatic hydroxyl groups is 2. The van der Waals surface area contributed by atoms with Gasteiger partial charge in [-0.1, -0.05) is 0 Å². The Morgan fingerprint density at radius 2 is 1.91 bits per heavy atom. The number of rotatable bonds is 0. The van der Waals surface area contributed by atoms with Crippen LogP contribution in [0.3, 0.4) is 0 Å². The van der Waals surface area contributed by atoms with E-state index in [-0.39, 0.29) is 35.8 Å². The predicted octanol–water partition coefficient (Wildman–Crippen LogP) is 1.69. The molecular formula is C16H20O6. The van der Waals surface area contributed by atoms with Crippen molar-refractivity contribution in [2.75, 3.05) is 0 Å². The highest BCUT2D eigenvalue weighted by Gasteiger charge is 2.24. The summed E-state index contributed by atoms with van der Waals surface area (Å²) in [4.78, 5) is 24.2. The molecule has 0 saturated carbocycles. The molecule has 1 aliphatic heterocycles. The molecule has 2 atom stereocenters. The summed E-state index contributed by atoms with van der Waals surface area (Å²) in [5, 5.41) is 29.4. The number of esters is 1. The average Bonchev–Trinajstić information content (AvgIpc) is 2.35. The zero-order valence-corrected chi connectivity index (χ0v) is 12.4. The summed E-state index contributed by atoms with van der Waals surface area (Å²) >= 11 is 0. The Labute approximate surface area is 128 Å². The maximum atomic E-state index is 12.3.